The van der Waals surface area contributed by atoms with Gasteiger partial charge in [0.25, 0.3) is 11.6 Å². The van der Waals surface area contributed by atoms with Gasteiger partial charge in [0.15, 0.2) is 0 Å². The van der Waals surface area contributed by atoms with E-state index in [4.69, 9.17) is 11.6 Å². The van der Waals surface area contributed by atoms with Crippen molar-refractivity contribution in [1.29, 1.82) is 0 Å². The van der Waals surface area contributed by atoms with Crippen molar-refractivity contribution in [2.75, 3.05) is 20.7 Å². The number of halogens is 1. The Morgan fingerprint density at radius 2 is 2.10 bits per heavy atom. The lowest BCUT2D eigenvalue weighted by atomic mass is 10.1. The predicted octanol–water partition coefficient (Wildman–Crippen LogP) is 1.88. The second-order valence-electron chi connectivity index (χ2n) is 3.97. The van der Waals surface area contributed by atoms with Crippen molar-refractivity contribution in [3.05, 3.63) is 38.9 Å². The van der Waals surface area contributed by atoms with Gasteiger partial charge in [-0.3, -0.25) is 19.7 Å². The van der Waals surface area contributed by atoms with Crippen LogP contribution in [0.2, 0.25) is 5.02 Å². The molecule has 0 bridgehead atoms. The zero-order chi connectivity index (χ0) is 15.3. The highest BCUT2D eigenvalue weighted by Crippen LogP contribution is 2.23. The number of benzene rings is 1. The summed E-state index contributed by atoms with van der Waals surface area (Å²) in [7, 11) is 2.68. The molecule has 0 N–H and O–H groups in total. The Balaban J connectivity index is 2.93. The number of hydrogen-bond acceptors (Lipinski definition) is 5. The van der Waals surface area contributed by atoms with Crippen LogP contribution in [0.4, 0.5) is 5.69 Å². The van der Waals surface area contributed by atoms with Gasteiger partial charge in [-0.25, -0.2) is 0 Å². The number of nitrogens with zero attached hydrogens (tertiary/aromatic N) is 2. The smallest absolute Gasteiger partial charge is 0.307 e. The highest BCUT2D eigenvalue weighted by atomic mass is 35.5. The van der Waals surface area contributed by atoms with Gasteiger partial charge in [-0.05, 0) is 12.1 Å². The minimum Gasteiger partial charge on any atom is -0.469 e. The molecular formula is C12H13ClN2O5. The lowest BCUT2D eigenvalue weighted by Gasteiger charge is -2.16. The van der Waals surface area contributed by atoms with Crippen molar-refractivity contribution >= 4 is 29.2 Å². The molecule has 8 heteroatoms. The molecule has 0 atom stereocenters. The Morgan fingerprint density at radius 1 is 1.45 bits per heavy atom. The monoisotopic (exact) mass is 300 g/mol. The van der Waals surface area contributed by atoms with Crippen molar-refractivity contribution in [1.82, 2.24) is 4.90 Å². The van der Waals surface area contributed by atoms with Crippen molar-refractivity contribution in [3.63, 3.8) is 0 Å². The fourth-order valence-corrected chi connectivity index (χ4v) is 1.68. The van der Waals surface area contributed by atoms with Gasteiger partial charge in [-0.2, -0.15) is 0 Å². The first-order valence-electron chi connectivity index (χ1n) is 5.63. The first-order valence-corrected chi connectivity index (χ1v) is 6.00. The van der Waals surface area contributed by atoms with E-state index in [0.717, 1.165) is 0 Å². The molecule has 0 saturated carbocycles. The van der Waals surface area contributed by atoms with E-state index >= 15 is 0 Å². The maximum Gasteiger partial charge on any atom is 0.307 e. The molecule has 0 saturated heterocycles. The molecule has 0 aliphatic carbocycles. The Morgan fingerprint density at radius 3 is 2.65 bits per heavy atom. The van der Waals surface area contributed by atoms with Crippen molar-refractivity contribution in [2.24, 2.45) is 0 Å². The fourth-order valence-electron chi connectivity index (χ4n) is 1.51. The van der Waals surface area contributed by atoms with Gasteiger partial charge in [0, 0.05) is 24.7 Å². The Labute approximate surface area is 120 Å². The third-order valence-corrected chi connectivity index (χ3v) is 2.85. The number of hydrogen-bond donors (Lipinski definition) is 0. The molecule has 0 heterocycles. The number of methoxy groups -OCH3 is 1. The maximum absolute atomic E-state index is 12.1. The summed E-state index contributed by atoms with van der Waals surface area (Å²) in [5, 5.41) is 11.1. The molecule has 1 aromatic rings. The molecule has 0 spiro atoms. The van der Waals surface area contributed by atoms with E-state index in [1.807, 2.05) is 0 Å². The molecule has 0 aromatic heterocycles. The van der Waals surface area contributed by atoms with Crippen LogP contribution in [0.3, 0.4) is 0 Å². The van der Waals surface area contributed by atoms with E-state index in [1.165, 1.54) is 37.3 Å². The molecular weight excluding hydrogens is 288 g/mol. The van der Waals surface area contributed by atoms with Crippen LogP contribution in [0.1, 0.15) is 16.8 Å². The summed E-state index contributed by atoms with van der Waals surface area (Å²) in [6, 6.07) is 3.74. The largest absolute Gasteiger partial charge is 0.469 e. The average molecular weight is 301 g/mol. The Bertz CT molecular complexity index is 547. The molecule has 0 fully saturated rings. The van der Waals surface area contributed by atoms with Crippen LogP contribution in [0, 0.1) is 10.1 Å². The third-order valence-electron chi connectivity index (χ3n) is 2.61. The molecule has 0 aliphatic rings. The summed E-state index contributed by atoms with van der Waals surface area (Å²) < 4.78 is 4.46. The summed E-state index contributed by atoms with van der Waals surface area (Å²) in [6.07, 6.45) is 0.00705. The van der Waals surface area contributed by atoms with E-state index < -0.39 is 16.8 Å². The van der Waals surface area contributed by atoms with Crippen LogP contribution in [-0.4, -0.2) is 42.4 Å². The SMILES string of the molecule is COC(=O)CCN(C)C(=O)c1cc(Cl)ccc1[N+](=O)[O-]. The minimum atomic E-state index is -0.655. The van der Waals surface area contributed by atoms with Crippen LogP contribution in [0.25, 0.3) is 0 Å². The van der Waals surface area contributed by atoms with E-state index in [2.05, 4.69) is 4.74 Å². The van der Waals surface area contributed by atoms with E-state index in [0.29, 0.717) is 0 Å². The fraction of sp³-hybridized carbons (Fsp3) is 0.333. The second kappa shape index (κ2) is 6.85. The van der Waals surface area contributed by atoms with Crippen molar-refractivity contribution in [2.45, 2.75) is 6.42 Å². The van der Waals surface area contributed by atoms with Crippen molar-refractivity contribution in [3.8, 4) is 0 Å². The summed E-state index contributed by atoms with van der Waals surface area (Å²) in [6.45, 7) is 0.0924. The van der Waals surface area contributed by atoms with E-state index in [9.17, 15) is 19.7 Å². The number of nitro groups is 1. The molecule has 0 unspecified atom stereocenters. The van der Waals surface area contributed by atoms with E-state index in [-0.39, 0.29) is 29.2 Å². The summed E-state index contributed by atoms with van der Waals surface area (Å²) >= 11 is 5.75. The molecule has 1 amide bonds. The summed E-state index contributed by atoms with van der Waals surface area (Å²) in [5.74, 6) is -1.05. The van der Waals surface area contributed by atoms with Crippen LogP contribution in [0.15, 0.2) is 18.2 Å². The zero-order valence-corrected chi connectivity index (χ0v) is 11.7. The first-order chi connectivity index (χ1) is 9.36. The molecule has 108 valence electrons. The highest BCUT2D eigenvalue weighted by Gasteiger charge is 2.23. The first kappa shape index (κ1) is 15.9. The molecule has 20 heavy (non-hydrogen) atoms. The topological polar surface area (TPSA) is 89.8 Å². The number of carbonyl (C=O) groups is 2. The normalized spacial score (nSPS) is 9.95. The number of amides is 1. The van der Waals surface area contributed by atoms with Gasteiger partial charge in [-0.1, -0.05) is 11.6 Å². The number of ether oxygens (including phenoxy) is 1. The van der Waals surface area contributed by atoms with Crippen LogP contribution < -0.4 is 0 Å². The van der Waals surface area contributed by atoms with Gasteiger partial charge < -0.3 is 9.64 Å². The number of esters is 1. The lowest BCUT2D eigenvalue weighted by Crippen LogP contribution is -2.29. The number of nitro benzene ring substituents is 1. The number of rotatable bonds is 5. The highest BCUT2D eigenvalue weighted by molar-refractivity contribution is 6.31. The predicted molar refractivity (Wildman–Crippen MR) is 71.7 cm³/mol. The second-order valence-corrected chi connectivity index (χ2v) is 4.41. The number of carbonyl (C=O) groups excluding carboxylic acids is 2. The molecule has 1 rings (SSSR count). The molecule has 0 radical (unpaired) electrons. The average Bonchev–Trinajstić information content (AvgIpc) is 2.42. The van der Waals surface area contributed by atoms with Crippen LogP contribution in [0.5, 0.6) is 0 Å². The summed E-state index contributed by atoms with van der Waals surface area (Å²) in [4.78, 5) is 34.6. The molecule has 1 aromatic carbocycles. The van der Waals surface area contributed by atoms with Crippen LogP contribution in [-0.2, 0) is 9.53 Å². The standard InChI is InChI=1S/C12H13ClN2O5/c1-14(6-5-11(16)20-2)12(17)9-7-8(13)3-4-10(9)15(18)19/h3-4,7H,5-6H2,1-2H3. The minimum absolute atomic E-state index is 0.00705. The van der Waals surface area contributed by atoms with Gasteiger partial charge in [0.05, 0.1) is 18.5 Å². The summed E-state index contributed by atoms with van der Waals surface area (Å²) in [5.41, 5.74) is -0.445. The van der Waals surface area contributed by atoms with Crippen molar-refractivity contribution < 1.29 is 19.2 Å². The lowest BCUT2D eigenvalue weighted by molar-refractivity contribution is -0.385. The van der Waals surface area contributed by atoms with Gasteiger partial charge >= 0.3 is 5.97 Å². The zero-order valence-electron chi connectivity index (χ0n) is 11.0. The van der Waals surface area contributed by atoms with Gasteiger partial charge in [0.1, 0.15) is 5.56 Å². The third kappa shape index (κ3) is 3.92. The maximum atomic E-state index is 12.1. The van der Waals surface area contributed by atoms with E-state index in [1.54, 1.807) is 0 Å². The van der Waals surface area contributed by atoms with Gasteiger partial charge in [-0.15, -0.1) is 0 Å². The Hall–Kier alpha value is -2.15. The van der Waals surface area contributed by atoms with Gasteiger partial charge in [0.2, 0.25) is 0 Å². The quantitative estimate of drug-likeness (QED) is 0.470. The van der Waals surface area contributed by atoms with Crippen LogP contribution >= 0.6 is 11.6 Å². The molecule has 0 aliphatic heterocycles. The molecule has 7 nitrogen and oxygen atoms in total. The Kier molecular flexibility index (Phi) is 5.45.